The summed E-state index contributed by atoms with van der Waals surface area (Å²) in [6.07, 6.45) is 35.5. The number of hydrogen-bond acceptors (Lipinski definition) is 9. The second-order valence-corrected chi connectivity index (χ2v) is 17.8. The van der Waals surface area contributed by atoms with Gasteiger partial charge in [-0.25, -0.2) is 0 Å². The Morgan fingerprint density at radius 3 is 1.37 bits per heavy atom. The molecule has 10 heteroatoms. The Morgan fingerprint density at radius 2 is 0.949 bits per heavy atom. The van der Waals surface area contributed by atoms with Gasteiger partial charge in [-0.3, -0.25) is 4.79 Å². The van der Waals surface area contributed by atoms with Crippen molar-refractivity contribution in [2.45, 2.75) is 281 Å². The normalized spacial score (nSPS) is 21.3. The summed E-state index contributed by atoms with van der Waals surface area (Å²) in [5.74, 6) is -0.587. The molecule has 0 aromatic heterocycles. The molecule has 1 rings (SSSR count). The summed E-state index contributed by atoms with van der Waals surface area (Å²) in [6, 6.07) is -0.893. The molecule has 0 aliphatic carbocycles. The largest absolute Gasteiger partial charge is 0.394 e. The molecule has 8 unspecified atom stereocenters. The maximum Gasteiger partial charge on any atom is 0.249 e. The molecule has 0 saturated carbocycles. The highest BCUT2D eigenvalue weighted by molar-refractivity contribution is 5.80. The van der Waals surface area contributed by atoms with Gasteiger partial charge in [0.1, 0.15) is 30.5 Å². The monoisotopic (exact) mass is 842 g/mol. The molecule has 0 aromatic carbocycles. The van der Waals surface area contributed by atoms with Gasteiger partial charge in [-0.15, -0.1) is 0 Å². The van der Waals surface area contributed by atoms with E-state index in [4.69, 9.17) is 9.47 Å². The first kappa shape index (κ1) is 55.9. The Morgan fingerprint density at radius 1 is 0.559 bits per heavy atom. The van der Waals surface area contributed by atoms with E-state index in [1.807, 2.05) is 0 Å². The van der Waals surface area contributed by atoms with Crippen molar-refractivity contribution in [3.63, 3.8) is 0 Å². The molecule has 0 bridgehead atoms. The van der Waals surface area contributed by atoms with Gasteiger partial charge in [0.2, 0.25) is 5.91 Å². The van der Waals surface area contributed by atoms with Crippen molar-refractivity contribution in [3.8, 4) is 0 Å². The van der Waals surface area contributed by atoms with Crippen LogP contribution in [-0.2, 0) is 14.3 Å². The van der Waals surface area contributed by atoms with Gasteiger partial charge in [0, 0.05) is 0 Å². The van der Waals surface area contributed by atoms with Crippen molar-refractivity contribution in [3.05, 3.63) is 12.2 Å². The Kier molecular flexibility index (Phi) is 37.6. The van der Waals surface area contributed by atoms with E-state index in [2.05, 4.69) is 31.3 Å². The number of allylic oxidation sites excluding steroid dienone is 2. The Hall–Kier alpha value is -1.11. The van der Waals surface area contributed by atoms with Crippen LogP contribution in [0.1, 0.15) is 232 Å². The van der Waals surface area contributed by atoms with Crippen molar-refractivity contribution in [2.75, 3.05) is 13.2 Å². The molecule has 350 valence electrons. The maximum absolute atomic E-state index is 13.1. The molecule has 1 aliphatic rings. The maximum atomic E-state index is 13.1. The summed E-state index contributed by atoms with van der Waals surface area (Å²) >= 11 is 0. The quantitative estimate of drug-likeness (QED) is 0.0234. The van der Waals surface area contributed by atoms with E-state index in [1.165, 1.54) is 148 Å². The summed E-state index contributed by atoms with van der Waals surface area (Å²) in [7, 11) is 0. The van der Waals surface area contributed by atoms with E-state index in [1.54, 1.807) is 0 Å². The van der Waals surface area contributed by atoms with Gasteiger partial charge in [-0.05, 0) is 38.5 Å². The molecule has 1 saturated heterocycles. The molecule has 1 fully saturated rings. The lowest BCUT2D eigenvalue weighted by molar-refractivity contribution is -0.302. The second-order valence-electron chi connectivity index (χ2n) is 17.8. The molecular weight excluding hydrogens is 747 g/mol. The predicted molar refractivity (Wildman–Crippen MR) is 241 cm³/mol. The standard InChI is InChI=1S/C49H95NO9/c1-3-5-7-9-11-13-15-17-18-19-20-21-22-23-24-25-26-28-30-32-34-36-38-43(53)48(57)50-41(40-58-49-47(56)46(55)45(54)44(39-51)59-49)42(52)37-35-33-31-29-27-16-14-12-10-8-6-4-2/h23-24,41-47,49,51-56H,3-22,25-40H2,1-2H3,(H,50,57)/b24-23-. The number of carbonyl (C=O) groups excluding carboxylic acids is 1. The molecule has 59 heavy (non-hydrogen) atoms. The molecule has 0 radical (unpaired) electrons. The minimum Gasteiger partial charge on any atom is -0.394 e. The first-order valence-corrected chi connectivity index (χ1v) is 25.0. The lowest BCUT2D eigenvalue weighted by Crippen LogP contribution is -2.60. The minimum absolute atomic E-state index is 0.255. The number of aliphatic hydroxyl groups is 6. The highest BCUT2D eigenvalue weighted by atomic mass is 16.7. The highest BCUT2D eigenvalue weighted by Crippen LogP contribution is 2.23. The van der Waals surface area contributed by atoms with Gasteiger partial charge >= 0.3 is 0 Å². The first-order chi connectivity index (χ1) is 28.8. The summed E-state index contributed by atoms with van der Waals surface area (Å²) < 4.78 is 11.2. The highest BCUT2D eigenvalue weighted by Gasteiger charge is 2.44. The van der Waals surface area contributed by atoms with Crippen LogP contribution in [0.2, 0.25) is 0 Å². The van der Waals surface area contributed by atoms with E-state index < -0.39 is 61.5 Å². The molecular formula is C49H95NO9. The molecule has 0 aromatic rings. The topological polar surface area (TPSA) is 169 Å². The van der Waals surface area contributed by atoms with Crippen molar-refractivity contribution in [1.29, 1.82) is 0 Å². The molecule has 0 spiro atoms. The Balaban J connectivity index is 2.30. The average molecular weight is 842 g/mol. The average Bonchev–Trinajstić information content (AvgIpc) is 3.23. The van der Waals surface area contributed by atoms with Crippen LogP contribution in [0.15, 0.2) is 12.2 Å². The fourth-order valence-corrected chi connectivity index (χ4v) is 8.10. The third kappa shape index (κ3) is 29.8. The number of hydrogen-bond donors (Lipinski definition) is 7. The zero-order valence-electron chi connectivity index (χ0n) is 38.1. The van der Waals surface area contributed by atoms with Crippen LogP contribution >= 0.6 is 0 Å². The van der Waals surface area contributed by atoms with Gasteiger partial charge in [0.25, 0.3) is 0 Å². The van der Waals surface area contributed by atoms with Crippen molar-refractivity contribution in [2.24, 2.45) is 0 Å². The number of rotatable bonds is 42. The van der Waals surface area contributed by atoms with Gasteiger partial charge in [-0.2, -0.15) is 0 Å². The summed E-state index contributed by atoms with van der Waals surface area (Å²) in [5, 5.41) is 64.9. The number of nitrogens with one attached hydrogen (secondary N) is 1. The first-order valence-electron chi connectivity index (χ1n) is 25.0. The summed E-state index contributed by atoms with van der Waals surface area (Å²) in [4.78, 5) is 13.1. The van der Waals surface area contributed by atoms with Crippen LogP contribution in [0.4, 0.5) is 0 Å². The molecule has 7 N–H and O–H groups in total. The molecule has 1 aliphatic heterocycles. The van der Waals surface area contributed by atoms with Gasteiger partial charge in [0.05, 0.1) is 25.4 Å². The minimum atomic E-state index is -1.60. The van der Waals surface area contributed by atoms with Crippen LogP contribution in [0.3, 0.4) is 0 Å². The van der Waals surface area contributed by atoms with Crippen LogP contribution in [0.25, 0.3) is 0 Å². The zero-order chi connectivity index (χ0) is 43.2. The molecule has 10 nitrogen and oxygen atoms in total. The van der Waals surface area contributed by atoms with Crippen molar-refractivity contribution in [1.82, 2.24) is 5.32 Å². The lowest BCUT2D eigenvalue weighted by atomic mass is 9.99. The summed E-state index contributed by atoms with van der Waals surface area (Å²) in [6.45, 7) is 3.67. The van der Waals surface area contributed by atoms with E-state index in [0.29, 0.717) is 12.8 Å². The van der Waals surface area contributed by atoms with Crippen LogP contribution < -0.4 is 5.32 Å². The Labute approximate surface area is 361 Å². The fraction of sp³-hybridized carbons (Fsp3) is 0.939. The fourth-order valence-electron chi connectivity index (χ4n) is 8.10. The smallest absolute Gasteiger partial charge is 0.249 e. The SMILES string of the molecule is CCCCCCCCCCCCCC/C=C\CCCCCCCCC(O)C(=O)NC(COC1OC(CO)C(O)C(O)C1O)C(O)CCCCCCCCCCCCCC. The lowest BCUT2D eigenvalue weighted by Gasteiger charge is -2.40. The van der Waals surface area contributed by atoms with E-state index >= 15 is 0 Å². The van der Waals surface area contributed by atoms with E-state index in [0.717, 1.165) is 57.8 Å². The van der Waals surface area contributed by atoms with Crippen molar-refractivity contribution >= 4 is 5.91 Å². The van der Waals surface area contributed by atoms with Crippen LogP contribution in [0.5, 0.6) is 0 Å². The molecule has 8 atom stereocenters. The van der Waals surface area contributed by atoms with E-state index in [-0.39, 0.29) is 6.61 Å². The van der Waals surface area contributed by atoms with Gasteiger partial charge in [-0.1, -0.05) is 206 Å². The molecule has 1 heterocycles. The van der Waals surface area contributed by atoms with Gasteiger partial charge in [0.15, 0.2) is 6.29 Å². The molecule has 1 amide bonds. The van der Waals surface area contributed by atoms with Crippen molar-refractivity contribution < 1.29 is 44.9 Å². The number of carbonyl (C=O) groups is 1. The predicted octanol–water partition coefficient (Wildman–Crippen LogP) is 9.87. The number of ether oxygens (including phenoxy) is 2. The van der Waals surface area contributed by atoms with Gasteiger partial charge < -0.3 is 45.4 Å². The van der Waals surface area contributed by atoms with E-state index in [9.17, 15) is 35.4 Å². The zero-order valence-corrected chi connectivity index (χ0v) is 38.1. The Bertz CT molecular complexity index is 952. The number of aliphatic hydroxyl groups excluding tert-OH is 6. The third-order valence-electron chi connectivity index (χ3n) is 12.2. The van der Waals surface area contributed by atoms with Crippen LogP contribution in [0, 0.1) is 0 Å². The van der Waals surface area contributed by atoms with Crippen LogP contribution in [-0.4, -0.2) is 98.7 Å². The number of amides is 1. The second kappa shape index (κ2) is 39.7. The number of unbranched alkanes of at least 4 members (excludes halogenated alkanes) is 29. The summed E-state index contributed by atoms with van der Waals surface area (Å²) in [5.41, 5.74) is 0. The third-order valence-corrected chi connectivity index (χ3v) is 12.2.